The predicted molar refractivity (Wildman–Crippen MR) is 88.1 cm³/mol. The molecule has 2 heterocycles. The number of nitrogens with zero attached hydrogens (tertiary/aromatic N) is 5. The van der Waals surface area contributed by atoms with E-state index in [1.807, 2.05) is 38.3 Å². The smallest absolute Gasteiger partial charge is 0.244 e. The van der Waals surface area contributed by atoms with Crippen molar-refractivity contribution in [1.82, 2.24) is 24.5 Å². The van der Waals surface area contributed by atoms with Gasteiger partial charge in [-0.05, 0) is 37.3 Å². The van der Waals surface area contributed by atoms with Crippen LogP contribution in [0.25, 0.3) is 5.69 Å². The van der Waals surface area contributed by atoms with Crippen molar-refractivity contribution in [3.8, 4) is 5.69 Å². The van der Waals surface area contributed by atoms with Crippen molar-refractivity contribution in [3.63, 3.8) is 0 Å². The predicted octanol–water partition coefficient (Wildman–Crippen LogP) is 2.27. The summed E-state index contributed by atoms with van der Waals surface area (Å²) in [6, 6.07) is 6.13. The van der Waals surface area contributed by atoms with E-state index in [1.54, 1.807) is 27.5 Å². The molecule has 0 atom stereocenters. The summed E-state index contributed by atoms with van der Waals surface area (Å²) in [5.74, 6) is 0. The maximum Gasteiger partial charge on any atom is 0.364 e. The van der Waals surface area contributed by atoms with Crippen LogP contribution in [0.15, 0.2) is 33.7 Å². The molecule has 1 aromatic carbocycles. The highest BCUT2D eigenvalue weighted by atomic mass is 32.2. The van der Waals surface area contributed by atoms with Crippen LogP contribution in [0.4, 0.5) is 0 Å². The lowest BCUT2D eigenvalue weighted by atomic mass is 10.1. The topological polar surface area (TPSA) is 65.6 Å². The first kappa shape index (κ1) is 15.0. The molecule has 114 valence electrons. The standard InChI is InChI=1S/C14H15N5OS2/c1-9-4-5-10(2)11(6-9)19-8-15-13(20)18(19)7-12-16-17-14(21-3)22-12/h4-6,8H,7H2,1-3H3. The first-order valence-electron chi connectivity index (χ1n) is 6.67. The van der Waals surface area contributed by atoms with Crippen molar-refractivity contribution < 1.29 is 0 Å². The average molecular weight is 333 g/mol. The molecule has 0 aliphatic heterocycles. The molecule has 3 rings (SSSR count). The molecule has 0 radical (unpaired) electrons. The summed E-state index contributed by atoms with van der Waals surface area (Å²) in [5.41, 5.74) is 2.87. The Balaban J connectivity index is 2.04. The lowest BCUT2D eigenvalue weighted by Crippen LogP contribution is -2.24. The van der Waals surface area contributed by atoms with Gasteiger partial charge in [0, 0.05) is 0 Å². The van der Waals surface area contributed by atoms with E-state index in [2.05, 4.69) is 15.2 Å². The summed E-state index contributed by atoms with van der Waals surface area (Å²) in [4.78, 5) is 16.0. The van der Waals surface area contributed by atoms with Gasteiger partial charge in [0.15, 0.2) is 4.34 Å². The van der Waals surface area contributed by atoms with Gasteiger partial charge in [0.1, 0.15) is 11.3 Å². The van der Waals surface area contributed by atoms with Gasteiger partial charge in [-0.25, -0.2) is 14.2 Å². The van der Waals surface area contributed by atoms with Crippen molar-refractivity contribution in [1.29, 1.82) is 0 Å². The largest absolute Gasteiger partial charge is 0.364 e. The van der Waals surface area contributed by atoms with Gasteiger partial charge in [-0.1, -0.05) is 35.2 Å². The molecule has 8 heteroatoms. The average Bonchev–Trinajstić information content (AvgIpc) is 3.10. The molecule has 2 aromatic heterocycles. The molecular weight excluding hydrogens is 318 g/mol. The summed E-state index contributed by atoms with van der Waals surface area (Å²) in [7, 11) is 0. The van der Waals surface area contributed by atoms with Crippen LogP contribution in [0, 0.1) is 13.8 Å². The molecule has 0 amide bonds. The first-order valence-corrected chi connectivity index (χ1v) is 8.71. The Morgan fingerprint density at radius 3 is 2.82 bits per heavy atom. The Morgan fingerprint density at radius 2 is 2.09 bits per heavy atom. The van der Waals surface area contributed by atoms with E-state index >= 15 is 0 Å². The van der Waals surface area contributed by atoms with E-state index in [9.17, 15) is 4.79 Å². The second kappa shape index (κ2) is 6.05. The normalized spacial score (nSPS) is 11.0. The van der Waals surface area contributed by atoms with Gasteiger partial charge in [-0.3, -0.25) is 0 Å². The number of hydrogen-bond acceptors (Lipinski definition) is 6. The molecule has 0 bridgehead atoms. The monoisotopic (exact) mass is 333 g/mol. The lowest BCUT2D eigenvalue weighted by molar-refractivity contribution is 0.578. The van der Waals surface area contributed by atoms with Gasteiger partial charge in [-0.2, -0.15) is 4.98 Å². The van der Waals surface area contributed by atoms with Crippen LogP contribution in [-0.2, 0) is 6.54 Å². The van der Waals surface area contributed by atoms with Gasteiger partial charge in [0.25, 0.3) is 0 Å². The van der Waals surface area contributed by atoms with E-state index < -0.39 is 0 Å². The SMILES string of the molecule is CSc1nnc(Cn2c(=O)ncn2-c2cc(C)ccc2C)s1. The van der Waals surface area contributed by atoms with E-state index in [1.165, 1.54) is 11.3 Å². The fourth-order valence-corrected chi connectivity index (χ4v) is 3.44. The van der Waals surface area contributed by atoms with E-state index in [0.29, 0.717) is 6.54 Å². The van der Waals surface area contributed by atoms with Crippen molar-refractivity contribution >= 4 is 23.1 Å². The zero-order chi connectivity index (χ0) is 15.7. The molecule has 0 aliphatic rings. The van der Waals surface area contributed by atoms with Crippen LogP contribution in [0.2, 0.25) is 0 Å². The fraction of sp³-hybridized carbons (Fsp3) is 0.286. The summed E-state index contributed by atoms with van der Waals surface area (Å²) >= 11 is 3.04. The zero-order valence-electron chi connectivity index (χ0n) is 12.5. The molecule has 22 heavy (non-hydrogen) atoms. The molecule has 0 spiro atoms. The second-order valence-corrected chi connectivity index (χ2v) is 7.00. The second-order valence-electron chi connectivity index (χ2n) is 4.89. The highest BCUT2D eigenvalue weighted by molar-refractivity contribution is 8.00. The van der Waals surface area contributed by atoms with Gasteiger partial charge in [0.05, 0.1) is 12.2 Å². The van der Waals surface area contributed by atoms with Gasteiger partial charge in [-0.15, -0.1) is 10.2 Å². The van der Waals surface area contributed by atoms with Crippen LogP contribution in [0.5, 0.6) is 0 Å². The van der Waals surface area contributed by atoms with Gasteiger partial charge < -0.3 is 0 Å². The van der Waals surface area contributed by atoms with Crippen LogP contribution < -0.4 is 5.69 Å². The van der Waals surface area contributed by atoms with Crippen molar-refractivity contribution in [2.24, 2.45) is 0 Å². The summed E-state index contributed by atoms with van der Waals surface area (Å²) in [5, 5.41) is 8.98. The number of aromatic nitrogens is 5. The molecule has 0 saturated carbocycles. The number of aryl methyl sites for hydroxylation is 2. The molecule has 3 aromatic rings. The molecular formula is C14H15N5OS2. The molecule has 0 unspecified atom stereocenters. The van der Waals surface area contributed by atoms with Crippen LogP contribution in [0.1, 0.15) is 16.1 Å². The van der Waals surface area contributed by atoms with E-state index in [0.717, 1.165) is 26.2 Å². The number of thioether (sulfide) groups is 1. The maximum atomic E-state index is 12.1. The van der Waals surface area contributed by atoms with Crippen molar-refractivity contribution in [2.75, 3.05) is 6.26 Å². The fourth-order valence-electron chi connectivity index (χ4n) is 2.14. The number of benzene rings is 1. The molecule has 0 aliphatic carbocycles. The summed E-state index contributed by atoms with van der Waals surface area (Å²) in [6.45, 7) is 4.41. The third kappa shape index (κ3) is 2.84. The summed E-state index contributed by atoms with van der Waals surface area (Å²) < 4.78 is 4.25. The Labute approximate surface area is 135 Å². The Kier molecular flexibility index (Phi) is 4.12. The molecule has 0 saturated heterocycles. The minimum atomic E-state index is -0.290. The third-order valence-electron chi connectivity index (χ3n) is 3.28. The highest BCUT2D eigenvalue weighted by Gasteiger charge is 2.12. The van der Waals surface area contributed by atoms with Crippen LogP contribution >= 0.6 is 23.1 Å². The Morgan fingerprint density at radius 1 is 1.27 bits per heavy atom. The van der Waals surface area contributed by atoms with Crippen LogP contribution in [0.3, 0.4) is 0 Å². The molecule has 6 nitrogen and oxygen atoms in total. The van der Waals surface area contributed by atoms with E-state index in [4.69, 9.17) is 0 Å². The van der Waals surface area contributed by atoms with Gasteiger partial charge in [0.2, 0.25) is 0 Å². The first-order chi connectivity index (χ1) is 10.6. The molecule has 0 fully saturated rings. The van der Waals surface area contributed by atoms with Crippen molar-refractivity contribution in [2.45, 2.75) is 24.7 Å². The number of rotatable bonds is 4. The third-order valence-corrected chi connectivity index (χ3v) is 5.16. The maximum absolute atomic E-state index is 12.1. The molecule has 0 N–H and O–H groups in total. The van der Waals surface area contributed by atoms with Crippen molar-refractivity contribution in [3.05, 3.63) is 51.1 Å². The quantitative estimate of drug-likeness (QED) is 0.685. The van der Waals surface area contributed by atoms with Crippen LogP contribution in [-0.4, -0.2) is 30.8 Å². The Hall–Kier alpha value is -1.93. The highest BCUT2D eigenvalue weighted by Crippen LogP contribution is 2.20. The minimum absolute atomic E-state index is 0.290. The lowest BCUT2D eigenvalue weighted by Gasteiger charge is -2.12. The minimum Gasteiger partial charge on any atom is -0.244 e. The Bertz CT molecular complexity index is 864. The van der Waals surface area contributed by atoms with Gasteiger partial charge >= 0.3 is 5.69 Å². The summed E-state index contributed by atoms with van der Waals surface area (Å²) in [6.07, 6.45) is 3.51. The number of hydrogen-bond donors (Lipinski definition) is 0. The van der Waals surface area contributed by atoms with E-state index in [-0.39, 0.29) is 5.69 Å². The zero-order valence-corrected chi connectivity index (χ0v) is 14.1.